The van der Waals surface area contributed by atoms with Gasteiger partial charge in [-0.05, 0) is 12.8 Å². The molecule has 3 heteroatoms. The maximum absolute atomic E-state index is 12.2. The van der Waals surface area contributed by atoms with E-state index in [1.807, 2.05) is 0 Å². The lowest BCUT2D eigenvalue weighted by Gasteiger charge is -2.25. The van der Waals surface area contributed by atoms with Gasteiger partial charge in [0.2, 0.25) is 0 Å². The maximum atomic E-state index is 12.2. The van der Waals surface area contributed by atoms with Crippen molar-refractivity contribution >= 4 is 12.1 Å². The summed E-state index contributed by atoms with van der Waals surface area (Å²) in [6, 6.07) is 2.06. The van der Waals surface area contributed by atoms with Crippen molar-refractivity contribution in [2.45, 2.75) is 36.9 Å². The monoisotopic (exact) mass is 159 g/mol. The first-order valence-corrected chi connectivity index (χ1v) is 4.26. The molecule has 0 amide bonds. The minimum Gasteiger partial charge on any atom is -0.197 e. The average Bonchev–Trinajstić information content (AvgIpc) is 2.06. The van der Waals surface area contributed by atoms with E-state index in [9.17, 15) is 3.89 Å². The van der Waals surface area contributed by atoms with Crippen molar-refractivity contribution in [2.24, 2.45) is 0 Å². The number of hydrogen-bond donors (Lipinski definition) is 0. The van der Waals surface area contributed by atoms with Gasteiger partial charge in [0.1, 0.15) is 4.75 Å². The Kier molecular flexibility index (Phi) is 2.56. The molecule has 1 nitrogen and oxygen atoms in total. The average molecular weight is 159 g/mol. The minimum absolute atomic E-state index is 0.232. The molecule has 0 aromatic rings. The molecule has 0 spiro atoms. The van der Waals surface area contributed by atoms with E-state index in [-0.39, 0.29) is 12.1 Å². The molecule has 0 bridgehead atoms. The Bertz CT molecular complexity index is 146. The number of rotatable bonds is 1. The van der Waals surface area contributed by atoms with E-state index in [1.165, 1.54) is 0 Å². The lowest BCUT2D eigenvalue weighted by Crippen LogP contribution is -2.24. The zero-order chi connectivity index (χ0) is 7.45. The first-order valence-electron chi connectivity index (χ1n) is 3.54. The fourth-order valence-corrected chi connectivity index (χ4v) is 1.81. The van der Waals surface area contributed by atoms with Crippen LogP contribution in [0.5, 0.6) is 0 Å². The zero-order valence-corrected chi connectivity index (χ0v) is 6.59. The second-order valence-corrected chi connectivity index (χ2v) is 3.68. The molecule has 0 aromatic carbocycles. The van der Waals surface area contributed by atoms with Crippen molar-refractivity contribution in [3.05, 3.63) is 0 Å². The molecule has 0 N–H and O–H groups in total. The van der Waals surface area contributed by atoms with Gasteiger partial charge in [0.05, 0.1) is 18.2 Å². The van der Waals surface area contributed by atoms with Gasteiger partial charge in [-0.2, -0.15) is 9.15 Å². The van der Waals surface area contributed by atoms with Crippen molar-refractivity contribution in [3.8, 4) is 6.07 Å². The molecule has 1 aliphatic rings. The Morgan fingerprint density at radius 2 is 1.90 bits per heavy atom. The second kappa shape index (κ2) is 3.25. The molecule has 1 aliphatic carbocycles. The molecule has 0 aliphatic heterocycles. The van der Waals surface area contributed by atoms with Crippen LogP contribution in [0.1, 0.15) is 32.1 Å². The van der Waals surface area contributed by atoms with Crippen LogP contribution >= 0.6 is 12.1 Å². The van der Waals surface area contributed by atoms with Crippen LogP contribution in [0.25, 0.3) is 0 Å². The first-order chi connectivity index (χ1) is 4.83. The highest BCUT2D eigenvalue weighted by atomic mass is 32.2. The highest BCUT2D eigenvalue weighted by Gasteiger charge is 2.33. The smallest absolute Gasteiger partial charge is 0.134 e. The van der Waals surface area contributed by atoms with Crippen molar-refractivity contribution in [1.82, 2.24) is 0 Å². The molecule has 1 saturated carbocycles. The van der Waals surface area contributed by atoms with Crippen LogP contribution in [0.2, 0.25) is 0 Å². The van der Waals surface area contributed by atoms with E-state index in [0.717, 1.165) is 32.1 Å². The first kappa shape index (κ1) is 7.87. The summed E-state index contributed by atoms with van der Waals surface area (Å²) < 4.78 is 11.5. The van der Waals surface area contributed by atoms with Gasteiger partial charge in [0.15, 0.2) is 0 Å². The van der Waals surface area contributed by atoms with E-state index in [1.54, 1.807) is 0 Å². The van der Waals surface area contributed by atoms with Gasteiger partial charge in [-0.3, -0.25) is 0 Å². The van der Waals surface area contributed by atoms with Gasteiger partial charge in [0.25, 0.3) is 0 Å². The third-order valence-electron chi connectivity index (χ3n) is 2.01. The highest BCUT2D eigenvalue weighted by molar-refractivity contribution is 7.96. The Hall–Kier alpha value is -0.230. The molecule has 10 heavy (non-hydrogen) atoms. The van der Waals surface area contributed by atoms with Crippen LogP contribution < -0.4 is 0 Å². The van der Waals surface area contributed by atoms with Crippen LogP contribution in [-0.4, -0.2) is 4.75 Å². The van der Waals surface area contributed by atoms with Gasteiger partial charge in [-0.25, -0.2) is 0 Å². The van der Waals surface area contributed by atoms with Crippen LogP contribution in [-0.2, 0) is 0 Å². The SMILES string of the molecule is N#CC1(SF)CCCCC1. The summed E-state index contributed by atoms with van der Waals surface area (Å²) in [5.41, 5.74) is 0. The zero-order valence-electron chi connectivity index (χ0n) is 5.77. The van der Waals surface area contributed by atoms with E-state index in [2.05, 4.69) is 6.07 Å². The van der Waals surface area contributed by atoms with Crippen molar-refractivity contribution in [2.75, 3.05) is 0 Å². The Morgan fingerprint density at radius 3 is 2.20 bits per heavy atom. The van der Waals surface area contributed by atoms with Crippen molar-refractivity contribution in [3.63, 3.8) is 0 Å². The number of nitrogens with zero attached hydrogens (tertiary/aromatic N) is 1. The summed E-state index contributed by atoms with van der Waals surface area (Å²) in [5, 5.41) is 8.63. The van der Waals surface area contributed by atoms with Gasteiger partial charge in [0, 0.05) is 0 Å². The van der Waals surface area contributed by atoms with E-state index < -0.39 is 4.75 Å². The molecule has 56 valence electrons. The molecule has 0 unspecified atom stereocenters. The molecule has 0 atom stereocenters. The molecule has 1 rings (SSSR count). The van der Waals surface area contributed by atoms with Gasteiger partial charge in [-0.1, -0.05) is 19.3 Å². The quantitative estimate of drug-likeness (QED) is 0.587. The summed E-state index contributed by atoms with van der Waals surface area (Å²) >= 11 is 0.232. The normalized spacial score (nSPS) is 23.6. The Morgan fingerprint density at radius 1 is 1.30 bits per heavy atom. The fourth-order valence-electron chi connectivity index (χ4n) is 1.33. The summed E-state index contributed by atoms with van der Waals surface area (Å²) in [7, 11) is 0. The molecule has 0 saturated heterocycles. The maximum Gasteiger partial charge on any atom is 0.134 e. The van der Waals surface area contributed by atoms with E-state index in [4.69, 9.17) is 5.26 Å². The predicted molar refractivity (Wildman–Crippen MR) is 40.1 cm³/mol. The Labute approximate surface area is 64.9 Å². The number of nitriles is 1. The van der Waals surface area contributed by atoms with Crippen LogP contribution in [0.15, 0.2) is 0 Å². The topological polar surface area (TPSA) is 23.8 Å². The predicted octanol–water partition coefficient (Wildman–Crippen LogP) is 2.83. The van der Waals surface area contributed by atoms with E-state index in [0.29, 0.717) is 0 Å². The van der Waals surface area contributed by atoms with Crippen LogP contribution in [0, 0.1) is 11.3 Å². The fraction of sp³-hybridized carbons (Fsp3) is 0.857. The molecule has 0 heterocycles. The van der Waals surface area contributed by atoms with Crippen molar-refractivity contribution < 1.29 is 3.89 Å². The van der Waals surface area contributed by atoms with Gasteiger partial charge >= 0.3 is 0 Å². The molecule has 1 fully saturated rings. The van der Waals surface area contributed by atoms with Crippen LogP contribution in [0.4, 0.5) is 3.89 Å². The molecule has 0 aromatic heterocycles. The van der Waals surface area contributed by atoms with Gasteiger partial charge < -0.3 is 0 Å². The molecular weight excluding hydrogens is 149 g/mol. The largest absolute Gasteiger partial charge is 0.197 e. The van der Waals surface area contributed by atoms with Crippen LogP contribution in [0.3, 0.4) is 0 Å². The minimum atomic E-state index is -0.682. The third kappa shape index (κ3) is 1.43. The third-order valence-corrected chi connectivity index (χ3v) is 2.81. The number of hydrogen-bond acceptors (Lipinski definition) is 2. The summed E-state index contributed by atoms with van der Waals surface area (Å²) in [6.07, 6.45) is 4.62. The lowest BCUT2D eigenvalue weighted by atomic mass is 9.89. The lowest BCUT2D eigenvalue weighted by molar-refractivity contribution is 0.454. The molecule has 0 radical (unpaired) electrons. The molecular formula is C7H10FNS. The Balaban J connectivity index is 2.55. The van der Waals surface area contributed by atoms with E-state index >= 15 is 0 Å². The summed E-state index contributed by atoms with van der Waals surface area (Å²) in [4.78, 5) is 0. The number of halogens is 1. The second-order valence-electron chi connectivity index (χ2n) is 2.74. The van der Waals surface area contributed by atoms with Gasteiger partial charge in [-0.15, -0.1) is 0 Å². The summed E-state index contributed by atoms with van der Waals surface area (Å²) in [5.74, 6) is 0. The highest BCUT2D eigenvalue weighted by Crippen LogP contribution is 2.39. The van der Waals surface area contributed by atoms with Crippen molar-refractivity contribution in [1.29, 1.82) is 5.26 Å². The standard InChI is InChI=1S/C7H10FNS/c8-10-7(6-9)4-2-1-3-5-7/h1-5H2. The summed E-state index contributed by atoms with van der Waals surface area (Å²) in [6.45, 7) is 0.